The molecule has 21 heavy (non-hydrogen) atoms. The smallest absolute Gasteiger partial charge is 0.0772 e. The van der Waals surface area contributed by atoms with Gasteiger partial charge in [0.05, 0.1) is 6.10 Å². The Hall–Kier alpha value is -1.06. The van der Waals surface area contributed by atoms with E-state index in [9.17, 15) is 0 Å². The SMILES string of the molecule is CCCNC(C)c1ccc(N2CCC(C)C(OC)C2)cc1. The first-order chi connectivity index (χ1) is 10.2. The molecule has 3 heteroatoms. The Labute approximate surface area is 129 Å². The van der Waals surface area contributed by atoms with Gasteiger partial charge in [-0.2, -0.15) is 0 Å². The Morgan fingerprint density at radius 1 is 1.33 bits per heavy atom. The van der Waals surface area contributed by atoms with Gasteiger partial charge in [-0.3, -0.25) is 0 Å². The van der Waals surface area contributed by atoms with Gasteiger partial charge in [-0.15, -0.1) is 0 Å². The summed E-state index contributed by atoms with van der Waals surface area (Å²) in [6, 6.07) is 9.43. The summed E-state index contributed by atoms with van der Waals surface area (Å²) < 4.78 is 5.61. The molecule has 0 radical (unpaired) electrons. The molecule has 0 bridgehead atoms. The summed E-state index contributed by atoms with van der Waals surface area (Å²) >= 11 is 0. The van der Waals surface area contributed by atoms with E-state index >= 15 is 0 Å². The van der Waals surface area contributed by atoms with Crippen molar-refractivity contribution in [1.82, 2.24) is 5.32 Å². The molecular formula is C18H30N2O. The lowest BCUT2D eigenvalue weighted by molar-refractivity contribution is 0.0498. The number of nitrogens with one attached hydrogen (secondary N) is 1. The molecule has 1 aliphatic rings. The minimum absolute atomic E-state index is 0.351. The molecule has 3 nitrogen and oxygen atoms in total. The lowest BCUT2D eigenvalue weighted by Crippen LogP contribution is -2.43. The van der Waals surface area contributed by atoms with Crippen molar-refractivity contribution in [2.45, 2.75) is 45.8 Å². The van der Waals surface area contributed by atoms with Gasteiger partial charge in [0.25, 0.3) is 0 Å². The highest BCUT2D eigenvalue weighted by atomic mass is 16.5. The topological polar surface area (TPSA) is 24.5 Å². The van der Waals surface area contributed by atoms with Gasteiger partial charge >= 0.3 is 0 Å². The van der Waals surface area contributed by atoms with E-state index in [-0.39, 0.29) is 0 Å². The molecule has 0 aliphatic carbocycles. The van der Waals surface area contributed by atoms with Crippen molar-refractivity contribution in [3.05, 3.63) is 29.8 Å². The molecule has 1 saturated heterocycles. The summed E-state index contributed by atoms with van der Waals surface area (Å²) in [4.78, 5) is 2.45. The van der Waals surface area contributed by atoms with Crippen LogP contribution in [-0.2, 0) is 4.74 Å². The first kappa shape index (κ1) is 16.3. The van der Waals surface area contributed by atoms with E-state index in [1.54, 1.807) is 0 Å². The first-order valence-electron chi connectivity index (χ1n) is 8.26. The first-order valence-corrected chi connectivity index (χ1v) is 8.26. The standard InChI is InChI=1S/C18H30N2O/c1-5-11-19-15(3)16-6-8-17(9-7-16)20-12-10-14(2)18(13-20)21-4/h6-9,14-15,18-19H,5,10-13H2,1-4H3. The molecule has 1 fully saturated rings. The summed E-state index contributed by atoms with van der Waals surface area (Å²) in [7, 11) is 1.83. The highest BCUT2D eigenvalue weighted by Gasteiger charge is 2.26. The van der Waals surface area contributed by atoms with Crippen LogP contribution in [0.5, 0.6) is 0 Å². The predicted octanol–water partition coefficient (Wildman–Crippen LogP) is 3.61. The minimum atomic E-state index is 0.351. The third-order valence-electron chi connectivity index (χ3n) is 4.65. The number of piperidine rings is 1. The zero-order valence-electron chi connectivity index (χ0n) is 13.9. The molecule has 3 unspecified atom stereocenters. The van der Waals surface area contributed by atoms with Crippen molar-refractivity contribution in [3.63, 3.8) is 0 Å². The Morgan fingerprint density at radius 3 is 2.67 bits per heavy atom. The Bertz CT molecular complexity index is 418. The number of rotatable bonds is 6. The fourth-order valence-corrected chi connectivity index (χ4v) is 3.03. The highest BCUT2D eigenvalue weighted by Crippen LogP contribution is 2.26. The molecule has 0 saturated carbocycles. The van der Waals surface area contributed by atoms with Gasteiger partial charge in [0.1, 0.15) is 0 Å². The normalized spacial score (nSPS) is 24.1. The van der Waals surface area contributed by atoms with Crippen molar-refractivity contribution in [2.75, 3.05) is 31.6 Å². The zero-order valence-corrected chi connectivity index (χ0v) is 13.9. The highest BCUT2D eigenvalue weighted by molar-refractivity contribution is 5.48. The average molecular weight is 290 g/mol. The molecule has 1 aromatic carbocycles. The molecule has 1 aliphatic heterocycles. The number of hydrogen-bond acceptors (Lipinski definition) is 3. The lowest BCUT2D eigenvalue weighted by Gasteiger charge is -2.37. The van der Waals surface area contributed by atoms with Crippen molar-refractivity contribution < 1.29 is 4.74 Å². The van der Waals surface area contributed by atoms with E-state index in [0.29, 0.717) is 18.1 Å². The summed E-state index contributed by atoms with van der Waals surface area (Å²) in [5.74, 6) is 0.656. The van der Waals surface area contributed by atoms with E-state index in [0.717, 1.165) is 19.6 Å². The van der Waals surface area contributed by atoms with Crippen LogP contribution in [0.4, 0.5) is 5.69 Å². The fraction of sp³-hybridized carbons (Fsp3) is 0.667. The van der Waals surface area contributed by atoms with Crippen LogP contribution >= 0.6 is 0 Å². The van der Waals surface area contributed by atoms with Gasteiger partial charge in [-0.1, -0.05) is 26.0 Å². The Balaban J connectivity index is 1.98. The van der Waals surface area contributed by atoms with Crippen LogP contribution in [0.3, 0.4) is 0 Å². The van der Waals surface area contributed by atoms with Crippen molar-refractivity contribution in [1.29, 1.82) is 0 Å². The van der Waals surface area contributed by atoms with Crippen LogP contribution < -0.4 is 10.2 Å². The molecule has 0 amide bonds. The van der Waals surface area contributed by atoms with Crippen LogP contribution in [0.1, 0.15) is 45.2 Å². The maximum atomic E-state index is 5.61. The third kappa shape index (κ3) is 4.21. The fourth-order valence-electron chi connectivity index (χ4n) is 3.03. The van der Waals surface area contributed by atoms with Crippen LogP contribution in [-0.4, -0.2) is 32.8 Å². The molecule has 1 heterocycles. The summed E-state index contributed by atoms with van der Waals surface area (Å²) in [5.41, 5.74) is 2.68. The molecule has 0 aromatic heterocycles. The van der Waals surface area contributed by atoms with Gasteiger partial charge in [0.2, 0.25) is 0 Å². The number of nitrogens with zero attached hydrogens (tertiary/aromatic N) is 1. The third-order valence-corrected chi connectivity index (χ3v) is 4.65. The molecule has 3 atom stereocenters. The molecule has 1 N–H and O–H groups in total. The molecule has 2 rings (SSSR count). The number of hydrogen-bond donors (Lipinski definition) is 1. The summed E-state index contributed by atoms with van der Waals surface area (Å²) in [6.45, 7) is 9.92. The average Bonchev–Trinajstić information content (AvgIpc) is 2.53. The van der Waals surface area contributed by atoms with Crippen LogP contribution in [0, 0.1) is 5.92 Å². The van der Waals surface area contributed by atoms with Gasteiger partial charge in [0, 0.05) is 31.9 Å². The van der Waals surface area contributed by atoms with Crippen molar-refractivity contribution >= 4 is 5.69 Å². The van der Waals surface area contributed by atoms with Crippen molar-refractivity contribution in [3.8, 4) is 0 Å². The quantitative estimate of drug-likeness (QED) is 0.866. The van der Waals surface area contributed by atoms with Crippen LogP contribution in [0.25, 0.3) is 0 Å². The number of methoxy groups -OCH3 is 1. The maximum Gasteiger partial charge on any atom is 0.0772 e. The number of benzene rings is 1. The predicted molar refractivity (Wildman–Crippen MR) is 89.9 cm³/mol. The van der Waals surface area contributed by atoms with E-state index < -0.39 is 0 Å². The summed E-state index contributed by atoms with van der Waals surface area (Å²) in [6.07, 6.45) is 2.73. The molecule has 118 valence electrons. The second-order valence-electron chi connectivity index (χ2n) is 6.25. The summed E-state index contributed by atoms with van der Waals surface area (Å²) in [5, 5.41) is 3.54. The Morgan fingerprint density at radius 2 is 2.05 bits per heavy atom. The van der Waals surface area contributed by atoms with E-state index in [1.807, 2.05) is 7.11 Å². The largest absolute Gasteiger partial charge is 0.379 e. The van der Waals surface area contributed by atoms with Gasteiger partial charge in [-0.25, -0.2) is 0 Å². The maximum absolute atomic E-state index is 5.61. The zero-order chi connectivity index (χ0) is 15.2. The Kier molecular flexibility index (Phi) is 6.07. The van der Waals surface area contributed by atoms with E-state index in [2.05, 4.69) is 55.3 Å². The second-order valence-corrected chi connectivity index (χ2v) is 6.25. The van der Waals surface area contributed by atoms with Crippen LogP contribution in [0.2, 0.25) is 0 Å². The van der Waals surface area contributed by atoms with E-state index in [1.165, 1.54) is 24.1 Å². The monoisotopic (exact) mass is 290 g/mol. The van der Waals surface area contributed by atoms with Crippen LogP contribution in [0.15, 0.2) is 24.3 Å². The molecular weight excluding hydrogens is 260 g/mol. The van der Waals surface area contributed by atoms with Gasteiger partial charge in [-0.05, 0) is 49.9 Å². The van der Waals surface area contributed by atoms with Crippen molar-refractivity contribution in [2.24, 2.45) is 5.92 Å². The molecule has 0 spiro atoms. The van der Waals surface area contributed by atoms with Gasteiger partial charge < -0.3 is 15.0 Å². The van der Waals surface area contributed by atoms with Gasteiger partial charge in [0.15, 0.2) is 0 Å². The van der Waals surface area contributed by atoms with E-state index in [4.69, 9.17) is 4.74 Å². The number of anilines is 1. The number of ether oxygens (including phenoxy) is 1. The second kappa shape index (κ2) is 7.81. The molecule has 1 aromatic rings. The minimum Gasteiger partial charge on any atom is -0.379 e. The lowest BCUT2D eigenvalue weighted by atomic mass is 9.95.